The molecular weight excluding hydrogens is 494 g/mol. The molecule has 3 aromatic rings. The van der Waals surface area contributed by atoms with Gasteiger partial charge in [-0.2, -0.15) is 0 Å². The number of rotatable bonds is 10. The third kappa shape index (κ3) is 4.80. The van der Waals surface area contributed by atoms with Crippen LogP contribution in [0.2, 0.25) is 0 Å². The van der Waals surface area contributed by atoms with Crippen molar-refractivity contribution in [3.8, 4) is 0 Å². The molecule has 0 radical (unpaired) electrons. The summed E-state index contributed by atoms with van der Waals surface area (Å²) >= 11 is 1.47. The minimum Gasteiger partial charge on any atom is -0.388 e. The zero-order chi connectivity index (χ0) is 25.4. The zero-order valence-corrected chi connectivity index (χ0v) is 20.2. The summed E-state index contributed by atoms with van der Waals surface area (Å²) < 4.78 is 33.9. The number of aromatic nitrogens is 5. The maximum absolute atomic E-state index is 13.7. The number of aliphatic hydroxyl groups excluding tert-OH is 2. The van der Waals surface area contributed by atoms with Gasteiger partial charge in [0.1, 0.15) is 25.1 Å². The Balaban J connectivity index is 1.43. The Morgan fingerprint density at radius 2 is 2.06 bits per heavy atom. The monoisotopic (exact) mass is 520 g/mol. The predicted octanol–water partition coefficient (Wildman–Crippen LogP) is 2.22. The van der Waals surface area contributed by atoms with Crippen molar-refractivity contribution in [2.45, 2.75) is 67.7 Å². The molecule has 10 nitrogen and oxygen atoms in total. The number of carbonyl (C=O) groups excluding carboxylic acids is 1. The molecule has 192 valence electrons. The fraction of sp³-hybridized carbons (Fsp3) is 0.522. The van der Waals surface area contributed by atoms with Crippen LogP contribution in [-0.2, 0) is 9.53 Å². The first-order chi connectivity index (χ1) is 17.4. The highest BCUT2D eigenvalue weighted by Gasteiger charge is 2.45. The number of hydrogen-bond donors (Lipinski definition) is 3. The van der Waals surface area contributed by atoms with Crippen molar-refractivity contribution < 1.29 is 28.5 Å². The smallest absolute Gasteiger partial charge is 0.191 e. The summed E-state index contributed by atoms with van der Waals surface area (Å²) in [4.78, 5) is 19.9. The topological polar surface area (TPSA) is 135 Å². The van der Waals surface area contributed by atoms with E-state index in [1.807, 2.05) is 6.92 Å². The average molecular weight is 521 g/mol. The van der Waals surface area contributed by atoms with Crippen molar-refractivity contribution in [2.75, 3.05) is 17.7 Å². The second-order valence-corrected chi connectivity index (χ2v) is 10.1. The van der Waals surface area contributed by atoms with E-state index in [1.165, 1.54) is 22.5 Å². The number of ether oxygens (including phenoxy) is 1. The molecule has 13 heteroatoms. The minimum atomic E-state index is -1.19. The molecule has 5 rings (SSSR count). The molecule has 0 amide bonds. The van der Waals surface area contributed by atoms with E-state index in [2.05, 4.69) is 25.6 Å². The highest BCUT2D eigenvalue weighted by Crippen LogP contribution is 2.44. The molecule has 2 aliphatic carbocycles. The highest BCUT2D eigenvalue weighted by molar-refractivity contribution is 7.99. The first-order valence-corrected chi connectivity index (χ1v) is 12.8. The summed E-state index contributed by atoms with van der Waals surface area (Å²) in [5, 5.41) is 33.4. The van der Waals surface area contributed by atoms with Gasteiger partial charge < -0.3 is 25.1 Å². The lowest BCUT2D eigenvalue weighted by Gasteiger charge is -2.17. The number of halogens is 2. The second kappa shape index (κ2) is 10.3. The molecule has 0 unspecified atom stereocenters. The van der Waals surface area contributed by atoms with E-state index >= 15 is 0 Å². The van der Waals surface area contributed by atoms with Crippen LogP contribution in [0.5, 0.6) is 0 Å². The molecule has 0 aliphatic heterocycles. The van der Waals surface area contributed by atoms with Crippen LogP contribution in [0.25, 0.3) is 11.2 Å². The molecule has 0 saturated heterocycles. The van der Waals surface area contributed by atoms with Crippen LogP contribution >= 0.6 is 11.8 Å². The molecule has 2 fully saturated rings. The quantitative estimate of drug-likeness (QED) is 0.207. The van der Waals surface area contributed by atoms with Gasteiger partial charge in [0.2, 0.25) is 0 Å². The van der Waals surface area contributed by atoms with Crippen LogP contribution in [0.3, 0.4) is 0 Å². The first-order valence-electron chi connectivity index (χ1n) is 11.8. The van der Waals surface area contributed by atoms with Gasteiger partial charge in [0.15, 0.2) is 33.8 Å². The molecule has 3 N–H and O–H groups in total. The van der Waals surface area contributed by atoms with Crippen molar-refractivity contribution in [1.82, 2.24) is 25.0 Å². The van der Waals surface area contributed by atoms with Crippen molar-refractivity contribution >= 4 is 35.0 Å². The first kappa shape index (κ1) is 24.9. The standard InChI is InChI=1S/C23H26F2N6O4S/c1-2-7-36-23-27-21(26-15-9-12(15)11-3-4-13(24)14(25)8-11)18-22(28-23)31(30-29-18)16-10-17(35-6-5-32)20(34)19(16)33/h3-5,8,12,15-17,19-20,33-34H,2,6-7,9-10H2,1H3,(H,26,27,28)/t12-,15+,16+,17-,19-,20+/m0/s1. The average Bonchev–Trinajstić information content (AvgIpc) is 3.41. The van der Waals surface area contributed by atoms with Gasteiger partial charge >= 0.3 is 0 Å². The number of benzene rings is 1. The van der Waals surface area contributed by atoms with Crippen molar-refractivity contribution in [3.63, 3.8) is 0 Å². The Bertz CT molecular complexity index is 1260. The summed E-state index contributed by atoms with van der Waals surface area (Å²) in [5.41, 5.74) is 1.49. The van der Waals surface area contributed by atoms with Crippen LogP contribution in [0.4, 0.5) is 14.6 Å². The van der Waals surface area contributed by atoms with Crippen LogP contribution in [0, 0.1) is 11.6 Å². The fourth-order valence-corrected chi connectivity index (χ4v) is 5.27. The number of carbonyl (C=O) groups is 1. The van der Waals surface area contributed by atoms with E-state index in [4.69, 9.17) is 4.74 Å². The summed E-state index contributed by atoms with van der Waals surface area (Å²) in [6, 6.07) is 3.20. The summed E-state index contributed by atoms with van der Waals surface area (Å²) in [7, 11) is 0. The van der Waals surface area contributed by atoms with Crippen LogP contribution in [0.15, 0.2) is 23.4 Å². The number of aldehydes is 1. The molecule has 2 aromatic heterocycles. The second-order valence-electron chi connectivity index (χ2n) is 9.00. The number of aliphatic hydroxyl groups is 2. The highest BCUT2D eigenvalue weighted by atomic mass is 32.2. The Hall–Kier alpha value is -2.74. The molecule has 2 heterocycles. The molecule has 0 spiro atoms. The number of nitrogens with zero attached hydrogens (tertiary/aromatic N) is 5. The van der Waals surface area contributed by atoms with Gasteiger partial charge in [0.05, 0.1) is 12.1 Å². The molecule has 2 aliphatic rings. The van der Waals surface area contributed by atoms with Crippen molar-refractivity contribution in [2.24, 2.45) is 0 Å². The van der Waals surface area contributed by atoms with Crippen molar-refractivity contribution in [1.29, 1.82) is 0 Å². The number of fused-ring (bicyclic) bond motifs is 1. The van der Waals surface area contributed by atoms with E-state index in [1.54, 1.807) is 6.07 Å². The summed E-state index contributed by atoms with van der Waals surface area (Å²) in [5.74, 6) is -0.513. The number of thioether (sulfide) groups is 1. The zero-order valence-electron chi connectivity index (χ0n) is 19.4. The van der Waals surface area contributed by atoms with Gasteiger partial charge in [0.25, 0.3) is 0 Å². The lowest BCUT2D eigenvalue weighted by molar-refractivity contribution is -0.117. The molecule has 2 saturated carbocycles. The normalized spacial score (nSPS) is 27.5. The molecule has 0 bridgehead atoms. The lowest BCUT2D eigenvalue weighted by Crippen LogP contribution is -2.33. The third-order valence-corrected chi connectivity index (χ3v) is 7.57. The van der Waals surface area contributed by atoms with Gasteiger partial charge in [0, 0.05) is 24.1 Å². The third-order valence-electron chi connectivity index (χ3n) is 6.51. The van der Waals surface area contributed by atoms with E-state index < -0.39 is 36.0 Å². The Morgan fingerprint density at radius 1 is 1.22 bits per heavy atom. The van der Waals surface area contributed by atoms with E-state index in [0.717, 1.165) is 18.2 Å². The Labute approximate surface area is 209 Å². The van der Waals surface area contributed by atoms with Gasteiger partial charge in [-0.3, -0.25) is 0 Å². The molecular formula is C23H26F2N6O4S. The number of nitrogens with one attached hydrogen (secondary N) is 1. The SMILES string of the molecule is CCCSc1nc(N[C@@H]2C[C@H]2c2ccc(F)c(F)c2)c2nnn([C@@H]3C[C@H](OCC=O)[C@@H](O)[C@H]3O)c2n1. The maximum Gasteiger partial charge on any atom is 0.191 e. The molecule has 1 aromatic carbocycles. The number of hydrogen-bond acceptors (Lipinski definition) is 10. The van der Waals surface area contributed by atoms with E-state index in [0.29, 0.717) is 40.4 Å². The summed E-state index contributed by atoms with van der Waals surface area (Å²) in [6.07, 6.45) is -0.671. The minimum absolute atomic E-state index is 0.00515. The van der Waals surface area contributed by atoms with E-state index in [9.17, 15) is 23.8 Å². The van der Waals surface area contributed by atoms with Crippen LogP contribution in [-0.4, -0.2) is 78.2 Å². The molecule has 36 heavy (non-hydrogen) atoms. The van der Waals surface area contributed by atoms with Gasteiger partial charge in [-0.15, -0.1) is 5.10 Å². The Morgan fingerprint density at radius 3 is 2.81 bits per heavy atom. The van der Waals surface area contributed by atoms with Gasteiger partial charge in [-0.05, 0) is 30.5 Å². The van der Waals surface area contributed by atoms with Crippen LogP contribution in [0.1, 0.15) is 43.7 Å². The van der Waals surface area contributed by atoms with Gasteiger partial charge in [-0.1, -0.05) is 30.0 Å². The lowest BCUT2D eigenvalue weighted by atomic mass is 10.1. The van der Waals surface area contributed by atoms with Crippen LogP contribution < -0.4 is 5.32 Å². The van der Waals surface area contributed by atoms with Crippen molar-refractivity contribution in [3.05, 3.63) is 35.4 Å². The maximum atomic E-state index is 13.7. The van der Waals surface area contributed by atoms with E-state index in [-0.39, 0.29) is 25.0 Å². The number of anilines is 1. The largest absolute Gasteiger partial charge is 0.388 e. The summed E-state index contributed by atoms with van der Waals surface area (Å²) in [6.45, 7) is 1.86. The fourth-order valence-electron chi connectivity index (χ4n) is 4.57. The predicted molar refractivity (Wildman–Crippen MR) is 127 cm³/mol. The van der Waals surface area contributed by atoms with Gasteiger partial charge in [-0.25, -0.2) is 23.4 Å². The molecule has 6 atom stereocenters. The Kier molecular flexibility index (Phi) is 7.15.